The van der Waals surface area contributed by atoms with Gasteiger partial charge in [-0.1, -0.05) is 12.1 Å². The van der Waals surface area contributed by atoms with Crippen molar-refractivity contribution in [3.8, 4) is 11.8 Å². The fraction of sp³-hybridized carbons (Fsp3) is 0.462. The van der Waals surface area contributed by atoms with E-state index in [4.69, 9.17) is 10.00 Å². The Morgan fingerprint density at radius 3 is 2.69 bits per heavy atom. The Hall–Kier alpha value is -1.69. The van der Waals surface area contributed by atoms with Crippen molar-refractivity contribution < 1.29 is 4.74 Å². The van der Waals surface area contributed by atoms with Crippen LogP contribution in [-0.4, -0.2) is 13.7 Å². The second-order valence-electron chi connectivity index (χ2n) is 4.37. The number of nitrogens with zero attached hydrogens (tertiary/aromatic N) is 1. The standard InChI is InChI=1S/C13H18N2O/c1-13(2,10-14)8-9-15-11-6-4-5-7-12(11)16-3/h4-7,15H,8-9H2,1-3H3. The molecule has 0 radical (unpaired) electrons. The van der Waals surface area contributed by atoms with Crippen LogP contribution in [0.2, 0.25) is 0 Å². The third-order valence-corrected chi connectivity index (χ3v) is 2.48. The van der Waals surface area contributed by atoms with E-state index in [1.807, 2.05) is 38.1 Å². The van der Waals surface area contributed by atoms with Gasteiger partial charge < -0.3 is 10.1 Å². The third-order valence-electron chi connectivity index (χ3n) is 2.48. The van der Waals surface area contributed by atoms with E-state index in [-0.39, 0.29) is 5.41 Å². The Morgan fingerprint density at radius 2 is 2.06 bits per heavy atom. The maximum atomic E-state index is 8.89. The molecule has 16 heavy (non-hydrogen) atoms. The number of nitriles is 1. The molecule has 0 aliphatic heterocycles. The zero-order valence-electron chi connectivity index (χ0n) is 10.1. The van der Waals surface area contributed by atoms with Gasteiger partial charge >= 0.3 is 0 Å². The van der Waals surface area contributed by atoms with E-state index in [1.54, 1.807) is 7.11 Å². The average Bonchev–Trinajstić information content (AvgIpc) is 2.29. The summed E-state index contributed by atoms with van der Waals surface area (Å²) in [7, 11) is 1.65. The minimum Gasteiger partial charge on any atom is -0.495 e. The molecule has 0 aliphatic carbocycles. The van der Waals surface area contributed by atoms with E-state index < -0.39 is 0 Å². The van der Waals surface area contributed by atoms with Gasteiger partial charge in [-0.15, -0.1) is 0 Å². The van der Waals surface area contributed by atoms with Crippen molar-refractivity contribution in [3.63, 3.8) is 0 Å². The van der Waals surface area contributed by atoms with Crippen molar-refractivity contribution in [2.75, 3.05) is 19.0 Å². The summed E-state index contributed by atoms with van der Waals surface area (Å²) in [6.07, 6.45) is 0.807. The molecule has 0 bridgehead atoms. The number of rotatable bonds is 5. The van der Waals surface area contributed by atoms with Gasteiger partial charge in [-0.05, 0) is 32.4 Å². The molecule has 0 fully saturated rings. The summed E-state index contributed by atoms with van der Waals surface area (Å²) in [4.78, 5) is 0. The van der Waals surface area contributed by atoms with Crippen LogP contribution >= 0.6 is 0 Å². The van der Waals surface area contributed by atoms with Crippen molar-refractivity contribution in [2.45, 2.75) is 20.3 Å². The molecular weight excluding hydrogens is 200 g/mol. The van der Waals surface area contributed by atoms with Crippen molar-refractivity contribution >= 4 is 5.69 Å². The van der Waals surface area contributed by atoms with E-state index in [0.717, 1.165) is 24.4 Å². The first kappa shape index (κ1) is 12.4. The second-order valence-corrected chi connectivity index (χ2v) is 4.37. The molecule has 1 aromatic rings. The minimum atomic E-state index is -0.283. The molecule has 3 nitrogen and oxygen atoms in total. The molecule has 0 saturated carbocycles. The number of methoxy groups -OCH3 is 1. The smallest absolute Gasteiger partial charge is 0.141 e. The first-order valence-corrected chi connectivity index (χ1v) is 5.37. The summed E-state index contributed by atoms with van der Waals surface area (Å²) < 4.78 is 5.23. The fourth-order valence-electron chi connectivity index (χ4n) is 1.36. The predicted molar refractivity (Wildman–Crippen MR) is 65.5 cm³/mol. The SMILES string of the molecule is COc1ccccc1NCCC(C)(C)C#N. The number of para-hydroxylation sites is 2. The van der Waals surface area contributed by atoms with Crippen molar-refractivity contribution in [1.29, 1.82) is 5.26 Å². The van der Waals surface area contributed by atoms with E-state index in [1.165, 1.54) is 0 Å². The van der Waals surface area contributed by atoms with Gasteiger partial charge in [0.05, 0.1) is 24.3 Å². The van der Waals surface area contributed by atoms with E-state index in [9.17, 15) is 0 Å². The Bertz CT molecular complexity index is 380. The highest BCUT2D eigenvalue weighted by Gasteiger charge is 2.15. The first-order valence-electron chi connectivity index (χ1n) is 5.37. The summed E-state index contributed by atoms with van der Waals surface area (Å²) in [5, 5.41) is 12.2. The number of benzene rings is 1. The summed E-state index contributed by atoms with van der Waals surface area (Å²) in [6.45, 7) is 4.65. The summed E-state index contributed by atoms with van der Waals surface area (Å²) >= 11 is 0. The zero-order chi connectivity index (χ0) is 12.0. The van der Waals surface area contributed by atoms with Crippen molar-refractivity contribution in [1.82, 2.24) is 0 Å². The van der Waals surface area contributed by atoms with Crippen LogP contribution in [0.15, 0.2) is 24.3 Å². The van der Waals surface area contributed by atoms with Crippen LogP contribution in [0.5, 0.6) is 5.75 Å². The summed E-state index contributed by atoms with van der Waals surface area (Å²) in [5.41, 5.74) is 0.688. The minimum absolute atomic E-state index is 0.283. The van der Waals surface area contributed by atoms with Gasteiger partial charge in [0, 0.05) is 6.54 Å². The van der Waals surface area contributed by atoms with Crippen LogP contribution in [0.1, 0.15) is 20.3 Å². The van der Waals surface area contributed by atoms with E-state index in [2.05, 4.69) is 11.4 Å². The number of nitrogens with one attached hydrogen (secondary N) is 1. The van der Waals surface area contributed by atoms with Gasteiger partial charge in [-0.3, -0.25) is 0 Å². The number of ether oxygens (including phenoxy) is 1. The summed E-state index contributed by atoms with van der Waals surface area (Å²) in [6, 6.07) is 10.1. The first-order chi connectivity index (χ1) is 7.59. The van der Waals surface area contributed by atoms with Crippen LogP contribution in [0.4, 0.5) is 5.69 Å². The van der Waals surface area contributed by atoms with Crippen LogP contribution < -0.4 is 10.1 Å². The van der Waals surface area contributed by atoms with Crippen molar-refractivity contribution in [3.05, 3.63) is 24.3 Å². The quantitative estimate of drug-likeness (QED) is 0.826. The average molecular weight is 218 g/mol. The predicted octanol–water partition coefficient (Wildman–Crippen LogP) is 3.05. The highest BCUT2D eigenvalue weighted by Crippen LogP contribution is 2.24. The van der Waals surface area contributed by atoms with Crippen LogP contribution in [-0.2, 0) is 0 Å². The molecule has 1 aromatic carbocycles. The van der Waals surface area contributed by atoms with Crippen LogP contribution in [0.25, 0.3) is 0 Å². The van der Waals surface area contributed by atoms with Gasteiger partial charge in [0.15, 0.2) is 0 Å². The molecule has 86 valence electrons. The lowest BCUT2D eigenvalue weighted by molar-refractivity contribution is 0.415. The molecule has 0 spiro atoms. The van der Waals surface area contributed by atoms with E-state index >= 15 is 0 Å². The van der Waals surface area contributed by atoms with E-state index in [0.29, 0.717) is 0 Å². The lowest BCUT2D eigenvalue weighted by Gasteiger charge is -2.16. The number of anilines is 1. The highest BCUT2D eigenvalue weighted by atomic mass is 16.5. The lowest BCUT2D eigenvalue weighted by Crippen LogP contribution is -2.14. The van der Waals surface area contributed by atoms with Gasteiger partial charge in [0.1, 0.15) is 5.75 Å². The fourth-order valence-corrected chi connectivity index (χ4v) is 1.36. The van der Waals surface area contributed by atoms with Gasteiger partial charge in [0.2, 0.25) is 0 Å². The molecule has 1 N–H and O–H groups in total. The second kappa shape index (κ2) is 5.41. The highest BCUT2D eigenvalue weighted by molar-refractivity contribution is 5.56. The monoisotopic (exact) mass is 218 g/mol. The largest absolute Gasteiger partial charge is 0.495 e. The van der Waals surface area contributed by atoms with Gasteiger partial charge in [-0.2, -0.15) is 5.26 Å². The molecule has 0 aliphatic rings. The molecule has 0 aromatic heterocycles. The molecule has 0 atom stereocenters. The molecule has 0 heterocycles. The molecule has 3 heteroatoms. The van der Waals surface area contributed by atoms with Gasteiger partial charge in [0.25, 0.3) is 0 Å². The third kappa shape index (κ3) is 3.47. The number of hydrogen-bond donors (Lipinski definition) is 1. The summed E-state index contributed by atoms with van der Waals surface area (Å²) in [5.74, 6) is 0.831. The molecule has 0 unspecified atom stereocenters. The Balaban J connectivity index is 2.53. The van der Waals surface area contributed by atoms with Crippen molar-refractivity contribution in [2.24, 2.45) is 5.41 Å². The topological polar surface area (TPSA) is 45.0 Å². The lowest BCUT2D eigenvalue weighted by atomic mass is 9.91. The maximum Gasteiger partial charge on any atom is 0.141 e. The van der Waals surface area contributed by atoms with Crippen LogP contribution in [0, 0.1) is 16.7 Å². The van der Waals surface area contributed by atoms with Crippen LogP contribution in [0.3, 0.4) is 0 Å². The maximum absolute atomic E-state index is 8.89. The normalized spacial score (nSPS) is 10.6. The molecular formula is C13H18N2O. The Kier molecular flexibility index (Phi) is 4.19. The number of hydrogen-bond acceptors (Lipinski definition) is 3. The molecule has 0 saturated heterocycles. The van der Waals surface area contributed by atoms with Gasteiger partial charge in [-0.25, -0.2) is 0 Å². The molecule has 1 rings (SSSR count). The zero-order valence-corrected chi connectivity index (χ0v) is 10.1. The Labute approximate surface area is 97.0 Å². The Morgan fingerprint density at radius 1 is 1.38 bits per heavy atom. The molecule has 0 amide bonds.